The zero-order valence-electron chi connectivity index (χ0n) is 15.1. The van der Waals surface area contributed by atoms with Gasteiger partial charge in [0.05, 0.1) is 0 Å². The van der Waals surface area contributed by atoms with Crippen LogP contribution < -0.4 is 10.1 Å². The summed E-state index contributed by atoms with van der Waals surface area (Å²) in [6.07, 6.45) is 0. The molecule has 2 aromatic carbocycles. The first-order valence-electron chi connectivity index (χ1n) is 8.74. The Morgan fingerprint density at radius 3 is 2.42 bits per heavy atom. The SMILES string of the molecule is CCN(CC)CCOc1cccc2c(NC(=O)C(C)C)cccc12. The lowest BCUT2D eigenvalue weighted by atomic mass is 10.1. The van der Waals surface area contributed by atoms with E-state index in [-0.39, 0.29) is 11.8 Å². The summed E-state index contributed by atoms with van der Waals surface area (Å²) in [5.41, 5.74) is 0.834. The average Bonchev–Trinajstić information content (AvgIpc) is 2.59. The van der Waals surface area contributed by atoms with Crippen LogP contribution in [0.1, 0.15) is 27.7 Å². The van der Waals surface area contributed by atoms with Crippen molar-refractivity contribution >= 4 is 22.4 Å². The van der Waals surface area contributed by atoms with Crippen LogP contribution in [0.5, 0.6) is 5.75 Å². The smallest absolute Gasteiger partial charge is 0.226 e. The molecule has 0 saturated carbocycles. The molecule has 0 heterocycles. The highest BCUT2D eigenvalue weighted by atomic mass is 16.5. The molecule has 0 aliphatic heterocycles. The van der Waals surface area contributed by atoms with Crippen LogP contribution in [0.2, 0.25) is 0 Å². The van der Waals surface area contributed by atoms with E-state index in [1.807, 2.05) is 50.2 Å². The number of nitrogens with one attached hydrogen (secondary N) is 1. The maximum Gasteiger partial charge on any atom is 0.226 e. The van der Waals surface area contributed by atoms with Crippen molar-refractivity contribution in [3.05, 3.63) is 36.4 Å². The number of nitrogens with zero attached hydrogens (tertiary/aromatic N) is 1. The van der Waals surface area contributed by atoms with E-state index in [9.17, 15) is 4.79 Å². The van der Waals surface area contributed by atoms with Gasteiger partial charge in [0.15, 0.2) is 0 Å². The summed E-state index contributed by atoms with van der Waals surface area (Å²) in [6.45, 7) is 11.7. The number of anilines is 1. The van der Waals surface area contributed by atoms with Crippen molar-refractivity contribution in [2.45, 2.75) is 27.7 Å². The Morgan fingerprint density at radius 2 is 1.75 bits per heavy atom. The van der Waals surface area contributed by atoms with Crippen LogP contribution in [0.15, 0.2) is 36.4 Å². The minimum atomic E-state index is -0.0474. The van der Waals surface area contributed by atoms with E-state index in [2.05, 4.69) is 24.1 Å². The zero-order valence-corrected chi connectivity index (χ0v) is 15.1. The summed E-state index contributed by atoms with van der Waals surface area (Å²) < 4.78 is 6.01. The Hall–Kier alpha value is -2.07. The maximum absolute atomic E-state index is 12.0. The van der Waals surface area contributed by atoms with Gasteiger partial charge in [-0.15, -0.1) is 0 Å². The normalized spacial score (nSPS) is 11.2. The van der Waals surface area contributed by atoms with Gasteiger partial charge in [0.25, 0.3) is 0 Å². The fourth-order valence-electron chi connectivity index (χ4n) is 2.62. The summed E-state index contributed by atoms with van der Waals surface area (Å²) in [7, 11) is 0. The van der Waals surface area contributed by atoms with E-state index in [1.54, 1.807) is 0 Å². The van der Waals surface area contributed by atoms with E-state index in [1.165, 1.54) is 0 Å². The van der Waals surface area contributed by atoms with Crippen LogP contribution in [0.4, 0.5) is 5.69 Å². The summed E-state index contributed by atoms with van der Waals surface area (Å²) in [6, 6.07) is 11.9. The van der Waals surface area contributed by atoms with Gasteiger partial charge in [-0.05, 0) is 25.2 Å². The van der Waals surface area contributed by atoms with Gasteiger partial charge in [0, 0.05) is 28.9 Å². The minimum Gasteiger partial charge on any atom is -0.492 e. The number of ether oxygens (including phenoxy) is 1. The summed E-state index contributed by atoms with van der Waals surface area (Å²) in [4.78, 5) is 14.3. The highest BCUT2D eigenvalue weighted by Gasteiger charge is 2.11. The molecule has 0 atom stereocenters. The molecule has 0 aliphatic rings. The predicted molar refractivity (Wildman–Crippen MR) is 101 cm³/mol. The van der Waals surface area contributed by atoms with Gasteiger partial charge in [-0.2, -0.15) is 0 Å². The van der Waals surface area contributed by atoms with Crippen molar-refractivity contribution in [3.63, 3.8) is 0 Å². The molecule has 0 fully saturated rings. The van der Waals surface area contributed by atoms with Gasteiger partial charge in [0.2, 0.25) is 5.91 Å². The summed E-state index contributed by atoms with van der Waals surface area (Å²) in [5, 5.41) is 5.03. The van der Waals surface area contributed by atoms with Gasteiger partial charge in [0.1, 0.15) is 12.4 Å². The third-order valence-corrected chi connectivity index (χ3v) is 4.22. The van der Waals surface area contributed by atoms with E-state index in [4.69, 9.17) is 4.74 Å². The molecule has 4 nitrogen and oxygen atoms in total. The van der Waals surface area contributed by atoms with Crippen LogP contribution in [-0.4, -0.2) is 37.0 Å². The molecule has 2 aromatic rings. The number of rotatable bonds is 8. The van der Waals surface area contributed by atoms with Gasteiger partial charge in [-0.1, -0.05) is 52.0 Å². The number of fused-ring (bicyclic) bond motifs is 1. The average molecular weight is 328 g/mol. The second-order valence-corrected chi connectivity index (χ2v) is 6.18. The molecule has 4 heteroatoms. The van der Waals surface area contributed by atoms with E-state index in [0.29, 0.717) is 6.61 Å². The lowest BCUT2D eigenvalue weighted by Crippen LogP contribution is -2.27. The first-order valence-corrected chi connectivity index (χ1v) is 8.74. The highest BCUT2D eigenvalue weighted by molar-refractivity contribution is 6.04. The van der Waals surface area contributed by atoms with E-state index >= 15 is 0 Å². The summed E-state index contributed by atoms with van der Waals surface area (Å²) in [5.74, 6) is 0.837. The number of carbonyl (C=O) groups is 1. The lowest BCUT2D eigenvalue weighted by molar-refractivity contribution is -0.118. The second kappa shape index (κ2) is 8.69. The molecule has 0 aliphatic carbocycles. The third kappa shape index (κ3) is 4.48. The van der Waals surface area contributed by atoms with Crippen LogP contribution in [0, 0.1) is 5.92 Å². The molecule has 0 saturated heterocycles. The molecule has 0 aromatic heterocycles. The van der Waals surface area contributed by atoms with Crippen LogP contribution >= 0.6 is 0 Å². The van der Waals surface area contributed by atoms with Crippen LogP contribution in [-0.2, 0) is 4.79 Å². The number of hydrogen-bond donors (Lipinski definition) is 1. The van der Waals surface area contributed by atoms with Gasteiger partial charge in [-0.3, -0.25) is 4.79 Å². The number of benzene rings is 2. The van der Waals surface area contributed by atoms with E-state index in [0.717, 1.165) is 41.8 Å². The largest absolute Gasteiger partial charge is 0.492 e. The lowest BCUT2D eigenvalue weighted by Gasteiger charge is -2.19. The Bertz CT molecular complexity index is 678. The van der Waals surface area contributed by atoms with Crippen molar-refractivity contribution in [1.29, 1.82) is 0 Å². The topological polar surface area (TPSA) is 41.6 Å². The van der Waals surface area contributed by atoms with Crippen LogP contribution in [0.25, 0.3) is 10.8 Å². The van der Waals surface area contributed by atoms with Crippen molar-refractivity contribution in [2.24, 2.45) is 5.92 Å². The Balaban J connectivity index is 2.19. The summed E-state index contributed by atoms with van der Waals surface area (Å²) >= 11 is 0. The van der Waals surface area contributed by atoms with Gasteiger partial charge >= 0.3 is 0 Å². The molecule has 2 rings (SSSR count). The first kappa shape index (κ1) is 18.3. The molecule has 0 spiro atoms. The molecule has 1 amide bonds. The highest BCUT2D eigenvalue weighted by Crippen LogP contribution is 2.31. The Kier molecular flexibility index (Phi) is 6.62. The number of amides is 1. The van der Waals surface area contributed by atoms with Crippen molar-refractivity contribution in [3.8, 4) is 5.75 Å². The third-order valence-electron chi connectivity index (χ3n) is 4.22. The van der Waals surface area contributed by atoms with Crippen molar-refractivity contribution in [1.82, 2.24) is 4.90 Å². The van der Waals surface area contributed by atoms with Gasteiger partial charge in [-0.25, -0.2) is 0 Å². The molecule has 130 valence electrons. The molecular formula is C20H28N2O2. The van der Waals surface area contributed by atoms with Gasteiger partial charge < -0.3 is 15.0 Å². The molecule has 0 bridgehead atoms. The fourth-order valence-corrected chi connectivity index (χ4v) is 2.62. The van der Waals surface area contributed by atoms with Crippen LogP contribution in [0.3, 0.4) is 0 Å². The number of carbonyl (C=O) groups excluding carboxylic acids is 1. The monoisotopic (exact) mass is 328 g/mol. The van der Waals surface area contributed by atoms with Crippen molar-refractivity contribution < 1.29 is 9.53 Å². The number of likely N-dealkylation sites (N-methyl/N-ethyl adjacent to an activating group) is 1. The van der Waals surface area contributed by atoms with Crippen molar-refractivity contribution in [2.75, 3.05) is 31.6 Å². The Labute approximate surface area is 144 Å². The molecule has 1 N–H and O–H groups in total. The minimum absolute atomic E-state index is 0.0235. The molecule has 24 heavy (non-hydrogen) atoms. The predicted octanol–water partition coefficient (Wildman–Crippen LogP) is 4.15. The quantitative estimate of drug-likeness (QED) is 0.791. The molecule has 0 unspecified atom stereocenters. The maximum atomic E-state index is 12.0. The number of hydrogen-bond acceptors (Lipinski definition) is 3. The fraction of sp³-hybridized carbons (Fsp3) is 0.450. The zero-order chi connectivity index (χ0) is 17.5. The Morgan fingerprint density at radius 1 is 1.08 bits per heavy atom. The molecular weight excluding hydrogens is 300 g/mol. The van der Waals surface area contributed by atoms with E-state index < -0.39 is 0 Å². The molecule has 0 radical (unpaired) electrons. The second-order valence-electron chi connectivity index (χ2n) is 6.18. The first-order chi connectivity index (χ1) is 11.6. The standard InChI is InChI=1S/C20H28N2O2/c1-5-22(6-2)13-14-24-19-12-8-9-16-17(19)10-7-11-18(16)21-20(23)15(3)4/h7-12,15H,5-6,13-14H2,1-4H3,(H,21,23).